The first kappa shape index (κ1) is 20.2. The third-order valence-electron chi connectivity index (χ3n) is 3.41. The summed E-state index contributed by atoms with van der Waals surface area (Å²) in [7, 11) is 0. The molecule has 1 heterocycles. The Morgan fingerprint density at radius 3 is 2.81 bits per heavy atom. The van der Waals surface area contributed by atoms with Crippen molar-refractivity contribution < 1.29 is 31.8 Å². The number of hydrogen-bond donors (Lipinski definition) is 3. The molecule has 1 aliphatic rings. The molecule has 144 valence electrons. The smallest absolute Gasteiger partial charge is 0.428 e. The highest BCUT2D eigenvalue weighted by molar-refractivity contribution is 7.80. The molecule has 0 aromatic heterocycles. The van der Waals surface area contributed by atoms with E-state index in [1.165, 1.54) is 12.1 Å². The van der Waals surface area contributed by atoms with E-state index in [-0.39, 0.29) is 16.8 Å². The number of halogens is 4. The van der Waals surface area contributed by atoms with Crippen molar-refractivity contribution in [2.75, 3.05) is 13.2 Å². The van der Waals surface area contributed by atoms with Crippen molar-refractivity contribution in [3.8, 4) is 5.75 Å². The number of ether oxygens (including phenoxy) is 2. The molecule has 1 amide bonds. The van der Waals surface area contributed by atoms with Gasteiger partial charge in [-0.05, 0) is 43.3 Å². The highest BCUT2D eigenvalue weighted by atomic mass is 32.1. The van der Waals surface area contributed by atoms with Gasteiger partial charge in [-0.15, -0.1) is 0 Å². The molecule has 1 fully saturated rings. The van der Waals surface area contributed by atoms with Gasteiger partial charge in [-0.2, -0.15) is 17.6 Å². The lowest BCUT2D eigenvalue weighted by Crippen LogP contribution is -2.48. The minimum Gasteiger partial charge on any atom is -0.428 e. The molecular formula is C15H17F4N3O3S. The lowest BCUT2D eigenvalue weighted by molar-refractivity contribution is -0.253. The largest absolute Gasteiger partial charge is 0.461 e. The van der Waals surface area contributed by atoms with Crippen LogP contribution in [0.4, 0.5) is 17.6 Å². The van der Waals surface area contributed by atoms with Gasteiger partial charge in [-0.25, -0.2) is 0 Å². The molecule has 26 heavy (non-hydrogen) atoms. The molecule has 1 aliphatic heterocycles. The monoisotopic (exact) mass is 395 g/mol. The zero-order valence-electron chi connectivity index (χ0n) is 13.4. The van der Waals surface area contributed by atoms with Crippen molar-refractivity contribution in [2.45, 2.75) is 31.5 Å². The zero-order valence-corrected chi connectivity index (χ0v) is 14.3. The molecule has 6 nitrogen and oxygen atoms in total. The van der Waals surface area contributed by atoms with Crippen LogP contribution in [0.5, 0.6) is 5.75 Å². The molecule has 1 saturated heterocycles. The molecule has 0 unspecified atom stereocenters. The predicted molar refractivity (Wildman–Crippen MR) is 88.2 cm³/mol. The molecular weight excluding hydrogens is 378 g/mol. The minimum absolute atomic E-state index is 0.0517. The lowest BCUT2D eigenvalue weighted by atomic mass is 10.2. The second-order valence-electron chi connectivity index (χ2n) is 5.42. The second kappa shape index (κ2) is 8.99. The van der Waals surface area contributed by atoms with Gasteiger partial charge in [0.05, 0.1) is 6.10 Å². The van der Waals surface area contributed by atoms with Crippen molar-refractivity contribution in [2.24, 2.45) is 0 Å². The van der Waals surface area contributed by atoms with Gasteiger partial charge in [0.15, 0.2) is 5.11 Å². The van der Waals surface area contributed by atoms with Gasteiger partial charge in [0, 0.05) is 18.7 Å². The standard InChI is InChI=1S/C15H17F4N3O3S/c16-13(17)15(18,19)25-10-4-1-3-9(7-10)12(23)21-22-14(26)20-8-11-5-2-6-24-11/h1,3-4,7,11,13H,2,5-6,8H2,(H,21,23)(H2,20,22,26)/t11-/m1/s1. The Morgan fingerprint density at radius 2 is 2.15 bits per heavy atom. The summed E-state index contributed by atoms with van der Waals surface area (Å²) in [5.74, 6) is -1.28. The first-order chi connectivity index (χ1) is 12.3. The summed E-state index contributed by atoms with van der Waals surface area (Å²) < 4.78 is 59.5. The van der Waals surface area contributed by atoms with Crippen LogP contribution < -0.4 is 20.9 Å². The first-order valence-corrected chi connectivity index (χ1v) is 8.09. The SMILES string of the molecule is O=C(NNC(=S)NC[C@H]1CCCO1)c1cccc(OC(F)(F)C(F)F)c1. The quantitative estimate of drug-likeness (QED) is 0.390. The number of carbonyl (C=O) groups excluding carboxylic acids is 1. The maximum absolute atomic E-state index is 12.9. The van der Waals surface area contributed by atoms with Gasteiger partial charge in [0.2, 0.25) is 0 Å². The minimum atomic E-state index is -4.65. The van der Waals surface area contributed by atoms with Gasteiger partial charge in [0.1, 0.15) is 5.75 Å². The fourth-order valence-corrected chi connectivity index (χ4v) is 2.28. The van der Waals surface area contributed by atoms with Crippen molar-refractivity contribution in [1.82, 2.24) is 16.2 Å². The van der Waals surface area contributed by atoms with Gasteiger partial charge in [0.25, 0.3) is 5.91 Å². The number of benzene rings is 1. The Kier molecular flexibility index (Phi) is 6.98. The lowest BCUT2D eigenvalue weighted by Gasteiger charge is -2.17. The third kappa shape index (κ3) is 5.99. The highest BCUT2D eigenvalue weighted by Crippen LogP contribution is 2.27. The Labute approximate surface area is 152 Å². The summed E-state index contributed by atoms with van der Waals surface area (Å²) in [4.78, 5) is 12.0. The third-order valence-corrected chi connectivity index (χ3v) is 3.65. The van der Waals surface area contributed by atoms with E-state index in [9.17, 15) is 22.4 Å². The van der Waals surface area contributed by atoms with Crippen LogP contribution >= 0.6 is 12.2 Å². The molecule has 0 aliphatic carbocycles. The number of hydrogen-bond acceptors (Lipinski definition) is 4. The average Bonchev–Trinajstić information content (AvgIpc) is 3.11. The number of rotatable bonds is 6. The molecule has 0 saturated carbocycles. The summed E-state index contributed by atoms with van der Waals surface area (Å²) in [6.45, 7) is 1.18. The fourth-order valence-electron chi connectivity index (χ4n) is 2.14. The van der Waals surface area contributed by atoms with E-state index >= 15 is 0 Å². The van der Waals surface area contributed by atoms with Crippen LogP contribution in [0.2, 0.25) is 0 Å². The van der Waals surface area contributed by atoms with E-state index in [0.717, 1.165) is 25.0 Å². The Balaban J connectivity index is 1.83. The Bertz CT molecular complexity index is 642. The van der Waals surface area contributed by atoms with E-state index in [2.05, 4.69) is 20.9 Å². The second-order valence-corrected chi connectivity index (χ2v) is 5.82. The maximum atomic E-state index is 12.9. The summed E-state index contributed by atoms with van der Waals surface area (Å²) in [6, 6.07) is 4.47. The number of thiocarbonyl (C=S) groups is 1. The number of carbonyl (C=O) groups is 1. The molecule has 1 atom stereocenters. The predicted octanol–water partition coefficient (Wildman–Crippen LogP) is 2.21. The molecule has 2 rings (SSSR count). The average molecular weight is 395 g/mol. The first-order valence-electron chi connectivity index (χ1n) is 7.69. The zero-order chi connectivity index (χ0) is 19.2. The fraction of sp³-hybridized carbons (Fsp3) is 0.467. The molecule has 0 spiro atoms. The molecule has 0 bridgehead atoms. The molecule has 11 heteroatoms. The van der Waals surface area contributed by atoms with Crippen molar-refractivity contribution >= 4 is 23.2 Å². The Hall–Kier alpha value is -2.14. The van der Waals surface area contributed by atoms with Crippen LogP contribution in [-0.2, 0) is 4.74 Å². The van der Waals surface area contributed by atoms with Crippen LogP contribution in [0.3, 0.4) is 0 Å². The van der Waals surface area contributed by atoms with Crippen molar-refractivity contribution in [3.05, 3.63) is 29.8 Å². The van der Waals surface area contributed by atoms with Crippen LogP contribution in [-0.4, -0.2) is 42.8 Å². The number of nitrogens with one attached hydrogen (secondary N) is 3. The van der Waals surface area contributed by atoms with Crippen LogP contribution in [0, 0.1) is 0 Å². The molecule has 1 aromatic carbocycles. The van der Waals surface area contributed by atoms with Crippen LogP contribution in [0.15, 0.2) is 24.3 Å². The summed E-state index contributed by atoms with van der Waals surface area (Å²) in [5, 5.41) is 3.00. The number of amides is 1. The van der Waals surface area contributed by atoms with Gasteiger partial charge in [-0.3, -0.25) is 15.6 Å². The highest BCUT2D eigenvalue weighted by Gasteiger charge is 2.44. The maximum Gasteiger partial charge on any atom is 0.461 e. The molecule has 1 aromatic rings. The Morgan fingerprint density at radius 1 is 1.38 bits per heavy atom. The topological polar surface area (TPSA) is 71.6 Å². The van der Waals surface area contributed by atoms with E-state index in [4.69, 9.17) is 17.0 Å². The normalized spacial score (nSPS) is 17.0. The molecule has 3 N–H and O–H groups in total. The summed E-state index contributed by atoms with van der Waals surface area (Å²) in [6.07, 6.45) is -6.70. The number of hydrazine groups is 1. The summed E-state index contributed by atoms with van der Waals surface area (Å²) >= 11 is 4.98. The molecule has 0 radical (unpaired) electrons. The van der Waals surface area contributed by atoms with E-state index in [0.29, 0.717) is 13.2 Å². The van der Waals surface area contributed by atoms with Crippen molar-refractivity contribution in [3.63, 3.8) is 0 Å². The van der Waals surface area contributed by atoms with Gasteiger partial charge < -0.3 is 14.8 Å². The van der Waals surface area contributed by atoms with Crippen molar-refractivity contribution in [1.29, 1.82) is 0 Å². The van der Waals surface area contributed by atoms with E-state index in [1.54, 1.807) is 0 Å². The van der Waals surface area contributed by atoms with Gasteiger partial charge >= 0.3 is 12.5 Å². The van der Waals surface area contributed by atoms with E-state index in [1.807, 2.05) is 0 Å². The number of alkyl halides is 4. The van der Waals surface area contributed by atoms with Gasteiger partial charge in [-0.1, -0.05) is 6.07 Å². The van der Waals surface area contributed by atoms with Crippen LogP contribution in [0.1, 0.15) is 23.2 Å². The van der Waals surface area contributed by atoms with Crippen LogP contribution in [0.25, 0.3) is 0 Å². The summed E-state index contributed by atoms with van der Waals surface area (Å²) in [5.41, 5.74) is 4.63. The van der Waals surface area contributed by atoms with E-state index < -0.39 is 24.2 Å².